The summed E-state index contributed by atoms with van der Waals surface area (Å²) in [7, 11) is 0. The molecule has 0 unspecified atom stereocenters. The van der Waals surface area contributed by atoms with Crippen molar-refractivity contribution in [3.8, 4) is 0 Å². The summed E-state index contributed by atoms with van der Waals surface area (Å²) in [6.07, 6.45) is 3.91. The summed E-state index contributed by atoms with van der Waals surface area (Å²) < 4.78 is 0. The Balaban J connectivity index is 1.55. The van der Waals surface area contributed by atoms with E-state index in [-0.39, 0.29) is 0 Å². The van der Waals surface area contributed by atoms with Gasteiger partial charge in [0.25, 0.3) is 0 Å². The number of aromatic nitrogens is 3. The summed E-state index contributed by atoms with van der Waals surface area (Å²) in [5.74, 6) is 1.31. The van der Waals surface area contributed by atoms with Gasteiger partial charge in [0.15, 0.2) is 5.82 Å². The minimum Gasteiger partial charge on any atom is -0.349 e. The van der Waals surface area contributed by atoms with Gasteiger partial charge in [-0.05, 0) is 36.1 Å². The highest BCUT2D eigenvalue weighted by Gasteiger charge is 2.19. The molecule has 0 radical (unpaired) electrons. The van der Waals surface area contributed by atoms with Crippen LogP contribution in [0.1, 0.15) is 17.5 Å². The van der Waals surface area contributed by atoms with Gasteiger partial charge in [-0.25, -0.2) is 0 Å². The Kier molecular flexibility index (Phi) is 4.48. The molecule has 1 aliphatic rings. The normalized spacial score (nSPS) is 13.4. The van der Waals surface area contributed by atoms with Gasteiger partial charge in [-0.1, -0.05) is 48.0 Å². The quantitative estimate of drug-likeness (QED) is 0.762. The lowest BCUT2D eigenvalue weighted by Crippen LogP contribution is -2.25. The number of benzene rings is 2. The summed E-state index contributed by atoms with van der Waals surface area (Å²) >= 11 is 6.20. The zero-order chi connectivity index (χ0) is 17.1. The predicted molar refractivity (Wildman–Crippen MR) is 100 cm³/mol. The summed E-state index contributed by atoms with van der Waals surface area (Å²) in [5, 5.41) is 12.1. The summed E-state index contributed by atoms with van der Waals surface area (Å²) in [6, 6.07) is 16.2. The van der Waals surface area contributed by atoms with Crippen molar-refractivity contribution in [3.63, 3.8) is 0 Å². The molecule has 0 saturated heterocycles. The summed E-state index contributed by atoms with van der Waals surface area (Å²) in [4.78, 5) is 6.84. The Hall–Kier alpha value is -2.66. The number of nitrogens with zero attached hydrogens (tertiary/aromatic N) is 4. The van der Waals surface area contributed by atoms with Crippen molar-refractivity contribution >= 4 is 29.1 Å². The van der Waals surface area contributed by atoms with Gasteiger partial charge in [0.1, 0.15) is 0 Å². The molecule has 0 amide bonds. The highest BCUT2D eigenvalue weighted by atomic mass is 35.5. The molecule has 5 nitrogen and oxygen atoms in total. The number of fused-ring (bicyclic) bond motifs is 1. The number of hydrogen-bond acceptors (Lipinski definition) is 5. The fourth-order valence-electron chi connectivity index (χ4n) is 3.09. The van der Waals surface area contributed by atoms with E-state index in [9.17, 15) is 0 Å². The Morgan fingerprint density at radius 2 is 1.92 bits per heavy atom. The average molecular weight is 352 g/mol. The topological polar surface area (TPSA) is 53.9 Å². The van der Waals surface area contributed by atoms with Crippen LogP contribution in [0.3, 0.4) is 0 Å². The Labute approximate surface area is 151 Å². The molecule has 126 valence electrons. The maximum Gasteiger partial charge on any atom is 0.244 e. The minimum atomic E-state index is 0.500. The third-order valence-electron chi connectivity index (χ3n) is 4.33. The Morgan fingerprint density at radius 1 is 1.08 bits per heavy atom. The Bertz CT molecular complexity index is 883. The van der Waals surface area contributed by atoms with E-state index in [2.05, 4.69) is 49.7 Å². The van der Waals surface area contributed by atoms with Crippen molar-refractivity contribution in [2.24, 2.45) is 0 Å². The van der Waals surface area contributed by atoms with E-state index in [4.69, 9.17) is 11.6 Å². The SMILES string of the molecule is Clc1ccccc1CNc1nncc(N2CCCc3ccccc32)n1. The molecule has 0 aliphatic carbocycles. The van der Waals surface area contributed by atoms with Gasteiger partial charge in [0.2, 0.25) is 5.95 Å². The lowest BCUT2D eigenvalue weighted by Gasteiger charge is -2.30. The molecule has 4 rings (SSSR count). The molecular formula is C19H18ClN5. The van der Waals surface area contributed by atoms with E-state index in [1.165, 1.54) is 11.3 Å². The van der Waals surface area contributed by atoms with E-state index in [0.717, 1.165) is 35.8 Å². The summed E-state index contributed by atoms with van der Waals surface area (Å²) in [5.41, 5.74) is 3.55. The van der Waals surface area contributed by atoms with Crippen LogP contribution in [0.5, 0.6) is 0 Å². The lowest BCUT2D eigenvalue weighted by atomic mass is 10.0. The van der Waals surface area contributed by atoms with Crippen molar-refractivity contribution in [2.45, 2.75) is 19.4 Å². The van der Waals surface area contributed by atoms with Crippen LogP contribution >= 0.6 is 11.6 Å². The number of nitrogens with one attached hydrogen (secondary N) is 1. The first-order chi connectivity index (χ1) is 12.3. The van der Waals surface area contributed by atoms with Crippen LogP contribution < -0.4 is 10.2 Å². The average Bonchev–Trinajstić information content (AvgIpc) is 2.67. The third-order valence-corrected chi connectivity index (χ3v) is 4.70. The fraction of sp³-hybridized carbons (Fsp3) is 0.211. The van der Waals surface area contributed by atoms with Gasteiger partial charge in [-0.15, -0.1) is 5.10 Å². The first-order valence-corrected chi connectivity index (χ1v) is 8.71. The largest absolute Gasteiger partial charge is 0.349 e. The van der Waals surface area contributed by atoms with E-state index < -0.39 is 0 Å². The zero-order valence-electron chi connectivity index (χ0n) is 13.7. The second kappa shape index (κ2) is 7.07. The van der Waals surface area contributed by atoms with E-state index in [0.29, 0.717) is 12.5 Å². The maximum atomic E-state index is 6.20. The van der Waals surface area contributed by atoms with Gasteiger partial charge in [0.05, 0.1) is 6.20 Å². The van der Waals surface area contributed by atoms with Crippen molar-refractivity contribution in [1.82, 2.24) is 15.2 Å². The summed E-state index contributed by atoms with van der Waals surface area (Å²) in [6.45, 7) is 1.49. The van der Waals surface area contributed by atoms with E-state index in [1.54, 1.807) is 6.20 Å². The number of aryl methyl sites for hydroxylation is 1. The molecule has 1 aromatic heterocycles. The molecule has 0 spiro atoms. The first-order valence-electron chi connectivity index (χ1n) is 8.34. The highest BCUT2D eigenvalue weighted by molar-refractivity contribution is 6.31. The van der Waals surface area contributed by atoms with Crippen molar-refractivity contribution in [3.05, 3.63) is 70.9 Å². The second-order valence-corrected chi connectivity index (χ2v) is 6.37. The van der Waals surface area contributed by atoms with Crippen LogP contribution in [0.4, 0.5) is 17.5 Å². The number of para-hydroxylation sites is 1. The van der Waals surface area contributed by atoms with Crippen molar-refractivity contribution in [2.75, 3.05) is 16.8 Å². The number of halogens is 1. The van der Waals surface area contributed by atoms with Gasteiger partial charge < -0.3 is 10.2 Å². The molecule has 0 fully saturated rings. The molecule has 1 aliphatic heterocycles. The van der Waals surface area contributed by atoms with E-state index in [1.807, 2.05) is 24.3 Å². The van der Waals surface area contributed by atoms with Gasteiger partial charge in [-0.3, -0.25) is 0 Å². The number of rotatable bonds is 4. The molecule has 2 heterocycles. The van der Waals surface area contributed by atoms with Crippen molar-refractivity contribution in [1.29, 1.82) is 0 Å². The van der Waals surface area contributed by atoms with Crippen LogP contribution in [-0.2, 0) is 13.0 Å². The van der Waals surface area contributed by atoms with Crippen LogP contribution in [0.2, 0.25) is 5.02 Å². The third kappa shape index (κ3) is 3.42. The zero-order valence-corrected chi connectivity index (χ0v) is 14.4. The van der Waals surface area contributed by atoms with Gasteiger partial charge in [-0.2, -0.15) is 10.1 Å². The molecule has 0 saturated carbocycles. The highest BCUT2D eigenvalue weighted by Crippen LogP contribution is 2.32. The minimum absolute atomic E-state index is 0.500. The predicted octanol–water partition coefficient (Wildman–Crippen LogP) is 4.22. The monoisotopic (exact) mass is 351 g/mol. The fourth-order valence-corrected chi connectivity index (χ4v) is 3.29. The van der Waals surface area contributed by atoms with Crippen LogP contribution in [0.25, 0.3) is 0 Å². The lowest BCUT2D eigenvalue weighted by molar-refractivity contribution is 0.754. The maximum absolute atomic E-state index is 6.20. The van der Waals surface area contributed by atoms with Crippen LogP contribution in [-0.4, -0.2) is 21.7 Å². The van der Waals surface area contributed by atoms with Crippen molar-refractivity contribution < 1.29 is 0 Å². The van der Waals surface area contributed by atoms with E-state index >= 15 is 0 Å². The molecule has 2 aromatic carbocycles. The van der Waals surface area contributed by atoms with Crippen LogP contribution in [0.15, 0.2) is 54.7 Å². The second-order valence-electron chi connectivity index (χ2n) is 5.97. The van der Waals surface area contributed by atoms with Crippen LogP contribution in [0, 0.1) is 0 Å². The molecule has 3 aromatic rings. The smallest absolute Gasteiger partial charge is 0.244 e. The Morgan fingerprint density at radius 3 is 2.84 bits per heavy atom. The van der Waals surface area contributed by atoms with Gasteiger partial charge in [0, 0.05) is 23.8 Å². The number of anilines is 3. The molecule has 0 atom stereocenters. The van der Waals surface area contributed by atoms with Gasteiger partial charge >= 0.3 is 0 Å². The molecule has 0 bridgehead atoms. The molecular weight excluding hydrogens is 334 g/mol. The number of hydrogen-bond donors (Lipinski definition) is 1. The standard InChI is InChI=1S/C19H18ClN5/c20-16-9-3-1-7-15(16)12-21-19-23-18(13-22-24-19)25-11-5-8-14-6-2-4-10-17(14)25/h1-4,6-7,9-10,13H,5,8,11-12H2,(H,21,23,24). The molecule has 1 N–H and O–H groups in total. The molecule has 6 heteroatoms. The molecule has 25 heavy (non-hydrogen) atoms. The first kappa shape index (κ1) is 15.8.